The first-order valence-corrected chi connectivity index (χ1v) is 16.2. The lowest BCUT2D eigenvalue weighted by Gasteiger charge is -2.12. The second-order valence-electron chi connectivity index (χ2n) is 12.5. The highest BCUT2D eigenvalue weighted by atomic mass is 16.3. The minimum atomic E-state index is 0.910. The molecule has 0 aliphatic carbocycles. The lowest BCUT2D eigenvalue weighted by Crippen LogP contribution is -1.85. The second kappa shape index (κ2) is 10.2. The van der Waals surface area contributed by atoms with Crippen LogP contribution in [0.4, 0.5) is 0 Å². The van der Waals surface area contributed by atoms with Crippen molar-refractivity contribution in [3.63, 3.8) is 0 Å². The fourth-order valence-corrected chi connectivity index (χ4v) is 7.46. The SMILES string of the molecule is c1ccc(-c2ccc3c(c2)oc2cc(-c4ccc5ccc(-c6ccc7c8ccccc8c8ccccc8c7c6)cc5c4)ccc23)cc1. The maximum Gasteiger partial charge on any atom is 0.136 e. The lowest BCUT2D eigenvalue weighted by molar-refractivity contribution is 0.669. The Balaban J connectivity index is 1.06. The van der Waals surface area contributed by atoms with Gasteiger partial charge in [0, 0.05) is 10.8 Å². The highest BCUT2D eigenvalue weighted by Gasteiger charge is 2.12. The predicted octanol–water partition coefficient (Wildman–Crippen LogP) is 13.2. The summed E-state index contributed by atoms with van der Waals surface area (Å²) in [4.78, 5) is 0. The molecule has 10 rings (SSSR count). The highest BCUT2D eigenvalue weighted by molar-refractivity contribution is 6.25. The number of fused-ring (bicyclic) bond motifs is 10. The van der Waals surface area contributed by atoms with Gasteiger partial charge in [0.2, 0.25) is 0 Å². The van der Waals surface area contributed by atoms with E-state index < -0.39 is 0 Å². The van der Waals surface area contributed by atoms with Gasteiger partial charge in [0.25, 0.3) is 0 Å². The number of furan rings is 1. The van der Waals surface area contributed by atoms with Crippen molar-refractivity contribution in [1.29, 1.82) is 0 Å². The summed E-state index contributed by atoms with van der Waals surface area (Å²) in [6.45, 7) is 0. The van der Waals surface area contributed by atoms with Crippen LogP contribution < -0.4 is 0 Å². The predicted molar refractivity (Wildman–Crippen MR) is 200 cm³/mol. The largest absolute Gasteiger partial charge is 0.456 e. The Morgan fingerprint density at radius 3 is 1.21 bits per heavy atom. The third-order valence-corrected chi connectivity index (χ3v) is 9.83. The van der Waals surface area contributed by atoms with Gasteiger partial charge >= 0.3 is 0 Å². The van der Waals surface area contributed by atoms with Crippen molar-refractivity contribution >= 4 is 65.0 Å². The third kappa shape index (κ3) is 4.17. The van der Waals surface area contributed by atoms with E-state index in [1.54, 1.807) is 0 Å². The summed E-state index contributed by atoms with van der Waals surface area (Å²) in [5.74, 6) is 0. The first-order chi connectivity index (χ1) is 23.3. The smallest absolute Gasteiger partial charge is 0.136 e. The molecule has 0 saturated carbocycles. The fraction of sp³-hybridized carbons (Fsp3) is 0. The molecule has 47 heavy (non-hydrogen) atoms. The summed E-state index contributed by atoms with van der Waals surface area (Å²) in [6.07, 6.45) is 0. The fourth-order valence-electron chi connectivity index (χ4n) is 7.46. The Kier molecular flexibility index (Phi) is 5.64. The molecule has 0 aliphatic rings. The van der Waals surface area contributed by atoms with Crippen molar-refractivity contribution in [3.8, 4) is 33.4 Å². The summed E-state index contributed by atoms with van der Waals surface area (Å²) in [5.41, 5.74) is 8.95. The molecular formula is C46H28O. The zero-order valence-electron chi connectivity index (χ0n) is 25.6. The molecule has 0 saturated heterocycles. The van der Waals surface area contributed by atoms with Crippen LogP contribution in [0, 0.1) is 0 Å². The Labute approximate surface area is 271 Å². The molecule has 0 radical (unpaired) electrons. The number of hydrogen-bond acceptors (Lipinski definition) is 1. The topological polar surface area (TPSA) is 13.1 Å². The van der Waals surface area contributed by atoms with E-state index in [0.29, 0.717) is 0 Å². The van der Waals surface area contributed by atoms with Gasteiger partial charge in [-0.25, -0.2) is 0 Å². The molecule has 0 spiro atoms. The van der Waals surface area contributed by atoms with E-state index in [2.05, 4.69) is 164 Å². The first-order valence-electron chi connectivity index (χ1n) is 16.2. The molecule has 9 aromatic carbocycles. The van der Waals surface area contributed by atoms with Gasteiger partial charge in [0.1, 0.15) is 11.2 Å². The maximum absolute atomic E-state index is 6.43. The summed E-state index contributed by atoms with van der Waals surface area (Å²) in [5, 5.41) is 12.5. The standard InChI is InChI=1S/C46H28O/c1-2-8-29(9-3-1)34-19-22-42-43-23-20-35(28-46(43)47-45(42)27-34)32-17-15-30-14-16-31(24-36(30)25-32)33-18-21-41-39-12-5-4-10-37(39)38-11-6-7-13-40(38)44(41)26-33/h1-28H. The van der Waals surface area contributed by atoms with E-state index in [1.165, 1.54) is 65.3 Å². The van der Waals surface area contributed by atoms with Crippen LogP contribution in [-0.2, 0) is 0 Å². The molecule has 1 nitrogen and oxygen atoms in total. The van der Waals surface area contributed by atoms with E-state index in [9.17, 15) is 0 Å². The van der Waals surface area contributed by atoms with E-state index in [0.717, 1.165) is 33.1 Å². The Morgan fingerprint density at radius 2 is 0.638 bits per heavy atom. The molecule has 0 atom stereocenters. The number of rotatable bonds is 3. The van der Waals surface area contributed by atoms with Gasteiger partial charge < -0.3 is 4.42 Å². The minimum absolute atomic E-state index is 0.910. The molecule has 0 N–H and O–H groups in total. The van der Waals surface area contributed by atoms with Crippen molar-refractivity contribution in [2.75, 3.05) is 0 Å². The quantitative estimate of drug-likeness (QED) is 0.185. The minimum Gasteiger partial charge on any atom is -0.456 e. The van der Waals surface area contributed by atoms with Crippen LogP contribution in [0.15, 0.2) is 174 Å². The number of hydrogen-bond donors (Lipinski definition) is 0. The summed E-state index contributed by atoms with van der Waals surface area (Å²) < 4.78 is 6.43. The third-order valence-electron chi connectivity index (χ3n) is 9.83. The van der Waals surface area contributed by atoms with Crippen LogP contribution in [0.3, 0.4) is 0 Å². The Morgan fingerprint density at radius 1 is 0.234 bits per heavy atom. The first kappa shape index (κ1) is 26.1. The van der Waals surface area contributed by atoms with Gasteiger partial charge in [-0.1, -0.05) is 127 Å². The van der Waals surface area contributed by atoms with Crippen LogP contribution in [-0.4, -0.2) is 0 Å². The van der Waals surface area contributed by atoms with E-state index in [1.807, 2.05) is 6.07 Å². The van der Waals surface area contributed by atoms with Crippen LogP contribution in [0.2, 0.25) is 0 Å². The number of benzene rings is 9. The summed E-state index contributed by atoms with van der Waals surface area (Å²) >= 11 is 0. The lowest BCUT2D eigenvalue weighted by atomic mass is 9.91. The van der Waals surface area contributed by atoms with Crippen LogP contribution in [0.5, 0.6) is 0 Å². The molecule has 1 heteroatoms. The van der Waals surface area contributed by atoms with E-state index >= 15 is 0 Å². The average Bonchev–Trinajstić information content (AvgIpc) is 3.52. The maximum atomic E-state index is 6.43. The molecule has 218 valence electrons. The molecular weight excluding hydrogens is 569 g/mol. The molecule has 0 fully saturated rings. The van der Waals surface area contributed by atoms with Crippen molar-refractivity contribution in [1.82, 2.24) is 0 Å². The van der Waals surface area contributed by atoms with E-state index in [-0.39, 0.29) is 0 Å². The zero-order valence-corrected chi connectivity index (χ0v) is 25.6. The summed E-state index contributed by atoms with van der Waals surface area (Å²) in [7, 11) is 0. The van der Waals surface area contributed by atoms with Crippen molar-refractivity contribution in [2.45, 2.75) is 0 Å². The van der Waals surface area contributed by atoms with E-state index in [4.69, 9.17) is 4.42 Å². The van der Waals surface area contributed by atoms with Gasteiger partial charge in [0.05, 0.1) is 0 Å². The van der Waals surface area contributed by atoms with Crippen LogP contribution in [0.25, 0.3) is 98.4 Å². The normalized spacial score (nSPS) is 11.8. The van der Waals surface area contributed by atoms with Crippen LogP contribution in [0.1, 0.15) is 0 Å². The van der Waals surface area contributed by atoms with Gasteiger partial charge in [-0.2, -0.15) is 0 Å². The molecule has 0 bridgehead atoms. The molecule has 1 aromatic heterocycles. The van der Waals surface area contributed by atoms with Gasteiger partial charge in [-0.3, -0.25) is 0 Å². The second-order valence-corrected chi connectivity index (χ2v) is 12.5. The van der Waals surface area contributed by atoms with Crippen molar-refractivity contribution in [3.05, 3.63) is 170 Å². The molecule has 0 unspecified atom stereocenters. The van der Waals surface area contributed by atoms with Gasteiger partial charge in [-0.15, -0.1) is 0 Å². The molecule has 0 amide bonds. The monoisotopic (exact) mass is 596 g/mol. The molecule has 1 heterocycles. The highest BCUT2D eigenvalue weighted by Crippen LogP contribution is 2.39. The van der Waals surface area contributed by atoms with Crippen molar-refractivity contribution < 1.29 is 4.42 Å². The molecule has 0 aliphatic heterocycles. The van der Waals surface area contributed by atoms with Gasteiger partial charge in [-0.05, 0) is 119 Å². The Hall–Kier alpha value is -6.18. The Bertz CT molecular complexity index is 2800. The van der Waals surface area contributed by atoms with Crippen LogP contribution >= 0.6 is 0 Å². The average molecular weight is 597 g/mol. The summed E-state index contributed by atoms with van der Waals surface area (Å²) in [6, 6.07) is 61.6. The van der Waals surface area contributed by atoms with Gasteiger partial charge in [0.15, 0.2) is 0 Å². The molecule has 10 aromatic rings. The van der Waals surface area contributed by atoms with Crippen molar-refractivity contribution in [2.24, 2.45) is 0 Å². The zero-order chi connectivity index (χ0) is 30.9.